The average molecular weight is 356 g/mol. The van der Waals surface area contributed by atoms with Crippen molar-refractivity contribution >= 4 is 21.7 Å². The van der Waals surface area contributed by atoms with Crippen LogP contribution in [-0.4, -0.2) is 32.1 Å². The maximum atomic E-state index is 12.3. The Kier molecular flexibility index (Phi) is 7.69. The van der Waals surface area contributed by atoms with Gasteiger partial charge in [-0.2, -0.15) is 0 Å². The molecule has 0 aliphatic carbocycles. The van der Waals surface area contributed by atoms with E-state index < -0.39 is 16.0 Å². The topological polar surface area (TPSA) is 95.5 Å². The highest BCUT2D eigenvalue weighted by Gasteiger charge is 2.19. The summed E-state index contributed by atoms with van der Waals surface area (Å²) in [7, 11) is -3.71. The lowest BCUT2D eigenvalue weighted by atomic mass is 10.1. The van der Waals surface area contributed by atoms with E-state index in [1.165, 1.54) is 18.2 Å². The second kappa shape index (κ2) is 9.03. The number of carboxylic acid groups (broad SMARTS) is 1. The van der Waals surface area contributed by atoms with E-state index in [9.17, 15) is 18.3 Å². The van der Waals surface area contributed by atoms with Crippen LogP contribution < -0.4 is 10.0 Å². The van der Waals surface area contributed by atoms with Gasteiger partial charge >= 0.3 is 5.97 Å². The van der Waals surface area contributed by atoms with E-state index in [-0.39, 0.29) is 16.5 Å². The molecule has 0 saturated carbocycles. The first-order chi connectivity index (χ1) is 11.2. The van der Waals surface area contributed by atoms with Crippen molar-refractivity contribution in [3.8, 4) is 0 Å². The lowest BCUT2D eigenvalue weighted by Crippen LogP contribution is -2.26. The van der Waals surface area contributed by atoms with Gasteiger partial charge in [-0.05, 0) is 43.9 Å². The fourth-order valence-electron chi connectivity index (χ4n) is 2.33. The molecule has 0 saturated heterocycles. The van der Waals surface area contributed by atoms with Crippen molar-refractivity contribution in [3.63, 3.8) is 0 Å². The molecule has 1 unspecified atom stereocenters. The number of sulfonamides is 1. The summed E-state index contributed by atoms with van der Waals surface area (Å²) in [5, 5.41) is 12.5. The molecule has 1 atom stereocenters. The summed E-state index contributed by atoms with van der Waals surface area (Å²) in [6.07, 6.45) is 2.60. The number of carboxylic acids is 1. The summed E-state index contributed by atoms with van der Waals surface area (Å²) in [5.74, 6) is -0.769. The third kappa shape index (κ3) is 6.13. The smallest absolute Gasteiger partial charge is 0.337 e. The molecule has 0 amide bonds. The van der Waals surface area contributed by atoms with Gasteiger partial charge in [0, 0.05) is 18.3 Å². The molecule has 1 aromatic rings. The largest absolute Gasteiger partial charge is 0.478 e. The van der Waals surface area contributed by atoms with E-state index in [2.05, 4.69) is 17.0 Å². The van der Waals surface area contributed by atoms with Crippen LogP contribution in [0.1, 0.15) is 57.3 Å². The van der Waals surface area contributed by atoms with Crippen LogP contribution in [0.25, 0.3) is 0 Å². The molecule has 0 bridgehead atoms. The first-order valence-electron chi connectivity index (χ1n) is 8.31. The number of benzene rings is 1. The number of anilines is 1. The van der Waals surface area contributed by atoms with Gasteiger partial charge in [0.25, 0.3) is 0 Å². The molecular weight excluding hydrogens is 328 g/mol. The van der Waals surface area contributed by atoms with E-state index >= 15 is 0 Å². The van der Waals surface area contributed by atoms with Gasteiger partial charge in [-0.15, -0.1) is 0 Å². The first kappa shape index (κ1) is 20.4. The third-order valence-electron chi connectivity index (χ3n) is 3.67. The fourth-order valence-corrected chi connectivity index (χ4v) is 3.40. The number of hydrogen-bond acceptors (Lipinski definition) is 4. The van der Waals surface area contributed by atoms with Gasteiger partial charge in [-0.25, -0.2) is 17.9 Å². The number of hydrogen-bond donors (Lipinski definition) is 3. The van der Waals surface area contributed by atoms with Gasteiger partial charge < -0.3 is 10.4 Å². The average Bonchev–Trinajstić information content (AvgIpc) is 2.46. The maximum Gasteiger partial charge on any atom is 0.337 e. The first-order valence-corrected chi connectivity index (χ1v) is 9.79. The van der Waals surface area contributed by atoms with Crippen molar-refractivity contribution < 1.29 is 18.3 Å². The minimum Gasteiger partial charge on any atom is -0.478 e. The summed E-state index contributed by atoms with van der Waals surface area (Å²) >= 11 is 0. The molecule has 136 valence electrons. The third-order valence-corrected chi connectivity index (χ3v) is 5.13. The number of rotatable bonds is 10. The molecule has 6 nitrogen and oxygen atoms in total. The van der Waals surface area contributed by atoms with Gasteiger partial charge in [0.05, 0.1) is 10.5 Å². The predicted octanol–water partition coefficient (Wildman–Crippen LogP) is 3.31. The van der Waals surface area contributed by atoms with Gasteiger partial charge in [-0.3, -0.25) is 0 Å². The molecule has 0 spiro atoms. The number of carbonyl (C=O) groups is 1. The Bertz CT molecular complexity index is 657. The second-order valence-corrected chi connectivity index (χ2v) is 8.19. The lowest BCUT2D eigenvalue weighted by molar-refractivity contribution is 0.0697. The standard InChI is InChI=1S/C17H28N2O4S/c1-5-6-13(4)19-16-8-7-14(11-15(16)17(20)21)24(22,23)18-10-9-12(2)3/h7-8,11-13,18-19H,5-6,9-10H2,1-4H3,(H,20,21). The summed E-state index contributed by atoms with van der Waals surface area (Å²) in [5.41, 5.74) is 0.397. The maximum absolute atomic E-state index is 12.3. The lowest BCUT2D eigenvalue weighted by Gasteiger charge is -2.17. The zero-order chi connectivity index (χ0) is 18.3. The van der Waals surface area contributed by atoms with Crippen molar-refractivity contribution in [2.75, 3.05) is 11.9 Å². The predicted molar refractivity (Wildman–Crippen MR) is 96.0 cm³/mol. The minimum atomic E-state index is -3.71. The van der Waals surface area contributed by atoms with Gasteiger partial charge in [0.15, 0.2) is 0 Å². The summed E-state index contributed by atoms with van der Waals surface area (Å²) in [6, 6.07) is 4.28. The van der Waals surface area contributed by atoms with E-state index in [1.54, 1.807) is 0 Å². The van der Waals surface area contributed by atoms with Crippen molar-refractivity contribution in [2.24, 2.45) is 5.92 Å². The molecule has 3 N–H and O–H groups in total. The minimum absolute atomic E-state index is 0.0302. The Balaban J connectivity index is 3.02. The quantitative estimate of drug-likeness (QED) is 0.598. The highest BCUT2D eigenvalue weighted by atomic mass is 32.2. The van der Waals surface area contributed by atoms with Crippen molar-refractivity contribution in [2.45, 2.75) is 57.9 Å². The van der Waals surface area contributed by atoms with Crippen molar-refractivity contribution in [3.05, 3.63) is 23.8 Å². The molecule has 7 heteroatoms. The molecule has 0 aliphatic heterocycles. The Morgan fingerprint density at radius 2 is 1.88 bits per heavy atom. The summed E-state index contributed by atoms with van der Waals surface area (Å²) in [6.45, 7) is 8.36. The number of nitrogens with one attached hydrogen (secondary N) is 2. The zero-order valence-electron chi connectivity index (χ0n) is 14.8. The van der Waals surface area contributed by atoms with Crippen LogP contribution in [0.2, 0.25) is 0 Å². The van der Waals surface area contributed by atoms with Crippen LogP contribution in [-0.2, 0) is 10.0 Å². The van der Waals surface area contributed by atoms with Crippen LogP contribution >= 0.6 is 0 Å². The van der Waals surface area contributed by atoms with E-state index in [4.69, 9.17) is 0 Å². The van der Waals surface area contributed by atoms with Crippen LogP contribution in [0.15, 0.2) is 23.1 Å². The second-order valence-electron chi connectivity index (χ2n) is 6.43. The molecule has 0 aliphatic rings. The molecular formula is C17H28N2O4S. The van der Waals surface area contributed by atoms with E-state index in [0.29, 0.717) is 18.2 Å². The molecule has 0 heterocycles. The fraction of sp³-hybridized carbons (Fsp3) is 0.588. The highest BCUT2D eigenvalue weighted by Crippen LogP contribution is 2.22. The monoisotopic (exact) mass is 356 g/mol. The summed E-state index contributed by atoms with van der Waals surface area (Å²) in [4.78, 5) is 11.5. The Hall–Kier alpha value is -1.60. The highest BCUT2D eigenvalue weighted by molar-refractivity contribution is 7.89. The van der Waals surface area contributed by atoms with Crippen molar-refractivity contribution in [1.82, 2.24) is 4.72 Å². The van der Waals surface area contributed by atoms with Crippen LogP contribution in [0.4, 0.5) is 5.69 Å². The molecule has 0 radical (unpaired) electrons. The van der Waals surface area contributed by atoms with Crippen LogP contribution in [0.3, 0.4) is 0 Å². The molecule has 0 aromatic heterocycles. The van der Waals surface area contributed by atoms with Crippen LogP contribution in [0, 0.1) is 5.92 Å². The molecule has 24 heavy (non-hydrogen) atoms. The zero-order valence-corrected chi connectivity index (χ0v) is 15.6. The normalized spacial score (nSPS) is 13.0. The van der Waals surface area contributed by atoms with E-state index in [1.807, 2.05) is 20.8 Å². The Labute approximate surface area is 144 Å². The van der Waals surface area contributed by atoms with E-state index in [0.717, 1.165) is 19.3 Å². The van der Waals surface area contributed by atoms with Gasteiger partial charge in [0.2, 0.25) is 10.0 Å². The van der Waals surface area contributed by atoms with Crippen LogP contribution in [0.5, 0.6) is 0 Å². The van der Waals surface area contributed by atoms with Crippen molar-refractivity contribution in [1.29, 1.82) is 0 Å². The van der Waals surface area contributed by atoms with Gasteiger partial charge in [-0.1, -0.05) is 27.2 Å². The molecule has 1 rings (SSSR count). The Morgan fingerprint density at radius 3 is 2.42 bits per heavy atom. The Morgan fingerprint density at radius 1 is 1.21 bits per heavy atom. The summed E-state index contributed by atoms with van der Waals surface area (Å²) < 4.78 is 27.1. The molecule has 1 aromatic carbocycles. The molecule has 0 fully saturated rings. The van der Waals surface area contributed by atoms with Gasteiger partial charge in [0.1, 0.15) is 0 Å². The SMILES string of the molecule is CCCC(C)Nc1ccc(S(=O)(=O)NCCC(C)C)cc1C(=O)O. The number of aromatic carboxylic acids is 1.